The highest BCUT2D eigenvalue weighted by Gasteiger charge is 2.21. The van der Waals surface area contributed by atoms with E-state index in [-0.39, 0.29) is 11.5 Å². The first-order chi connectivity index (χ1) is 10.4. The highest BCUT2D eigenvalue weighted by atomic mass is 35.5. The van der Waals surface area contributed by atoms with Crippen molar-refractivity contribution in [3.8, 4) is 5.75 Å². The van der Waals surface area contributed by atoms with Gasteiger partial charge in [-0.3, -0.25) is 0 Å². The van der Waals surface area contributed by atoms with Crippen LogP contribution in [0.25, 0.3) is 0 Å². The van der Waals surface area contributed by atoms with E-state index in [1.54, 1.807) is 48.5 Å². The summed E-state index contributed by atoms with van der Waals surface area (Å²) < 4.78 is 29.6. The standard InChI is InChI=1S/C16H17ClO4S/c1-21-13-6-4-5-12(9-13)10-22(19,20)11-16(18)14-7-2-3-8-15(14)17/h2-9,16,18H,10-11H2,1H3. The Hall–Kier alpha value is -1.56. The molecular formula is C16H17ClO4S. The van der Waals surface area contributed by atoms with Gasteiger partial charge in [-0.1, -0.05) is 41.9 Å². The van der Waals surface area contributed by atoms with E-state index in [0.717, 1.165) is 0 Å². The third-order valence-corrected chi connectivity index (χ3v) is 5.14. The van der Waals surface area contributed by atoms with Gasteiger partial charge in [0.2, 0.25) is 0 Å². The fraction of sp³-hybridized carbons (Fsp3) is 0.250. The Morgan fingerprint density at radius 1 is 1.18 bits per heavy atom. The minimum absolute atomic E-state index is 0.161. The Balaban J connectivity index is 2.12. The SMILES string of the molecule is COc1cccc(CS(=O)(=O)CC(O)c2ccccc2Cl)c1. The lowest BCUT2D eigenvalue weighted by Crippen LogP contribution is -2.16. The summed E-state index contributed by atoms with van der Waals surface area (Å²) >= 11 is 5.98. The molecule has 6 heteroatoms. The van der Waals surface area contributed by atoms with E-state index in [9.17, 15) is 13.5 Å². The van der Waals surface area contributed by atoms with Crippen LogP contribution in [0, 0.1) is 0 Å². The highest BCUT2D eigenvalue weighted by molar-refractivity contribution is 7.90. The Morgan fingerprint density at radius 3 is 2.59 bits per heavy atom. The van der Waals surface area contributed by atoms with Crippen molar-refractivity contribution < 1.29 is 18.3 Å². The van der Waals surface area contributed by atoms with Crippen molar-refractivity contribution in [2.45, 2.75) is 11.9 Å². The van der Waals surface area contributed by atoms with E-state index in [2.05, 4.69) is 0 Å². The smallest absolute Gasteiger partial charge is 0.157 e. The molecule has 0 aliphatic rings. The second-order valence-electron chi connectivity index (χ2n) is 4.94. The maximum Gasteiger partial charge on any atom is 0.157 e. The number of hydrogen-bond donors (Lipinski definition) is 1. The van der Waals surface area contributed by atoms with E-state index in [0.29, 0.717) is 21.9 Å². The van der Waals surface area contributed by atoms with E-state index in [4.69, 9.17) is 16.3 Å². The molecule has 2 aromatic carbocycles. The Kier molecular flexibility index (Phi) is 5.45. The lowest BCUT2D eigenvalue weighted by molar-refractivity contribution is 0.201. The molecule has 0 amide bonds. The molecule has 22 heavy (non-hydrogen) atoms. The van der Waals surface area contributed by atoms with Crippen LogP contribution in [0.3, 0.4) is 0 Å². The van der Waals surface area contributed by atoms with Crippen molar-refractivity contribution in [1.82, 2.24) is 0 Å². The van der Waals surface area contributed by atoms with E-state index >= 15 is 0 Å². The quantitative estimate of drug-likeness (QED) is 0.878. The molecule has 0 heterocycles. The molecule has 0 saturated carbocycles. The van der Waals surface area contributed by atoms with Crippen LogP contribution in [0.1, 0.15) is 17.2 Å². The third kappa shape index (κ3) is 4.47. The number of methoxy groups -OCH3 is 1. The fourth-order valence-corrected chi connectivity index (χ4v) is 3.88. The van der Waals surface area contributed by atoms with Crippen LogP contribution in [0.15, 0.2) is 48.5 Å². The predicted octanol–water partition coefficient (Wildman–Crippen LogP) is 3.00. The molecule has 2 rings (SSSR count). The van der Waals surface area contributed by atoms with Gasteiger partial charge in [0.25, 0.3) is 0 Å². The van der Waals surface area contributed by atoms with Crippen molar-refractivity contribution >= 4 is 21.4 Å². The summed E-state index contributed by atoms with van der Waals surface area (Å²) in [5.74, 6) is 0.0546. The van der Waals surface area contributed by atoms with Gasteiger partial charge >= 0.3 is 0 Å². The number of aliphatic hydroxyl groups is 1. The molecule has 0 aliphatic carbocycles. The molecule has 118 valence electrons. The van der Waals surface area contributed by atoms with Crippen molar-refractivity contribution in [3.05, 3.63) is 64.7 Å². The molecule has 0 aliphatic heterocycles. The van der Waals surface area contributed by atoms with E-state index in [1.165, 1.54) is 7.11 Å². The van der Waals surface area contributed by atoms with E-state index < -0.39 is 15.9 Å². The van der Waals surface area contributed by atoms with E-state index in [1.807, 2.05) is 0 Å². The molecule has 2 aromatic rings. The van der Waals surface area contributed by atoms with Crippen LogP contribution in [0.4, 0.5) is 0 Å². The largest absolute Gasteiger partial charge is 0.497 e. The van der Waals surface area contributed by atoms with Crippen molar-refractivity contribution in [2.24, 2.45) is 0 Å². The average molecular weight is 341 g/mol. The maximum absolute atomic E-state index is 12.3. The van der Waals surface area contributed by atoms with Gasteiger partial charge in [0, 0.05) is 10.6 Å². The zero-order chi connectivity index (χ0) is 16.2. The first-order valence-electron chi connectivity index (χ1n) is 6.67. The number of hydrogen-bond acceptors (Lipinski definition) is 4. The van der Waals surface area contributed by atoms with Crippen LogP contribution in [-0.2, 0) is 15.6 Å². The summed E-state index contributed by atoms with van der Waals surface area (Å²) in [5.41, 5.74) is 1.03. The van der Waals surface area contributed by atoms with Gasteiger partial charge < -0.3 is 9.84 Å². The van der Waals surface area contributed by atoms with Crippen molar-refractivity contribution in [2.75, 3.05) is 12.9 Å². The molecular weight excluding hydrogens is 324 g/mol. The highest BCUT2D eigenvalue weighted by Crippen LogP contribution is 2.25. The van der Waals surface area contributed by atoms with Crippen molar-refractivity contribution in [1.29, 1.82) is 0 Å². The topological polar surface area (TPSA) is 63.6 Å². The van der Waals surface area contributed by atoms with Gasteiger partial charge in [-0.05, 0) is 23.8 Å². The van der Waals surface area contributed by atoms with Gasteiger partial charge in [-0.2, -0.15) is 0 Å². The summed E-state index contributed by atoms with van der Waals surface area (Å²) in [5, 5.41) is 10.5. The number of ether oxygens (including phenoxy) is 1. The van der Waals surface area contributed by atoms with Gasteiger partial charge in [0.15, 0.2) is 9.84 Å². The molecule has 0 fully saturated rings. The van der Waals surface area contributed by atoms with Crippen LogP contribution in [0.2, 0.25) is 5.02 Å². The maximum atomic E-state index is 12.3. The minimum Gasteiger partial charge on any atom is -0.497 e. The number of aliphatic hydroxyl groups excluding tert-OH is 1. The molecule has 0 bridgehead atoms. The molecule has 1 atom stereocenters. The lowest BCUT2D eigenvalue weighted by Gasteiger charge is -2.13. The average Bonchev–Trinajstić information content (AvgIpc) is 2.46. The number of halogens is 1. The predicted molar refractivity (Wildman–Crippen MR) is 86.9 cm³/mol. The molecule has 1 N–H and O–H groups in total. The first-order valence-corrected chi connectivity index (χ1v) is 8.87. The zero-order valence-corrected chi connectivity index (χ0v) is 13.6. The summed E-state index contributed by atoms with van der Waals surface area (Å²) in [6.07, 6.45) is -1.15. The molecule has 0 aromatic heterocycles. The van der Waals surface area contributed by atoms with Gasteiger partial charge in [0.1, 0.15) is 5.75 Å². The summed E-state index contributed by atoms with van der Waals surface area (Å²) in [7, 11) is -1.97. The third-order valence-electron chi connectivity index (χ3n) is 3.20. The van der Waals surface area contributed by atoms with Gasteiger partial charge in [-0.25, -0.2) is 8.42 Å². The minimum atomic E-state index is -3.49. The second kappa shape index (κ2) is 7.13. The monoisotopic (exact) mass is 340 g/mol. The zero-order valence-electron chi connectivity index (χ0n) is 12.1. The number of rotatable bonds is 6. The summed E-state index contributed by atoms with van der Waals surface area (Å²) in [6.45, 7) is 0. The number of sulfone groups is 1. The van der Waals surface area contributed by atoms with Gasteiger partial charge in [-0.15, -0.1) is 0 Å². The summed E-state index contributed by atoms with van der Waals surface area (Å²) in [6, 6.07) is 13.5. The molecule has 0 spiro atoms. The lowest BCUT2D eigenvalue weighted by atomic mass is 10.1. The van der Waals surface area contributed by atoms with Gasteiger partial charge in [0.05, 0.1) is 24.7 Å². The normalized spacial score (nSPS) is 12.9. The summed E-state index contributed by atoms with van der Waals surface area (Å²) in [4.78, 5) is 0. The molecule has 0 saturated heterocycles. The van der Waals surface area contributed by atoms with Crippen LogP contribution >= 0.6 is 11.6 Å². The first kappa shape index (κ1) is 16.8. The Labute approximate surface area is 135 Å². The molecule has 0 radical (unpaired) electrons. The van der Waals surface area contributed by atoms with Crippen LogP contribution < -0.4 is 4.74 Å². The Bertz CT molecular complexity index is 743. The van der Waals surface area contributed by atoms with Crippen molar-refractivity contribution in [3.63, 3.8) is 0 Å². The number of benzene rings is 2. The Morgan fingerprint density at radius 2 is 1.91 bits per heavy atom. The fourth-order valence-electron chi connectivity index (χ4n) is 2.15. The molecule has 1 unspecified atom stereocenters. The van der Waals surface area contributed by atoms with Crippen LogP contribution in [-0.4, -0.2) is 26.4 Å². The molecule has 4 nitrogen and oxygen atoms in total. The second-order valence-corrected chi connectivity index (χ2v) is 7.46. The van der Waals surface area contributed by atoms with Crippen LogP contribution in [0.5, 0.6) is 5.75 Å².